The van der Waals surface area contributed by atoms with Gasteiger partial charge in [0.2, 0.25) is 11.8 Å². The van der Waals surface area contributed by atoms with Gasteiger partial charge in [0.15, 0.2) is 5.78 Å². The Hall–Kier alpha value is -1.49. The maximum absolute atomic E-state index is 12.1. The van der Waals surface area contributed by atoms with Crippen molar-refractivity contribution in [3.8, 4) is 0 Å². The highest BCUT2D eigenvalue weighted by atomic mass is 79.9. The van der Waals surface area contributed by atoms with E-state index in [1.807, 2.05) is 6.07 Å². The number of piperidine rings is 1. The number of fused-ring (bicyclic) bond motifs is 1. The van der Waals surface area contributed by atoms with Gasteiger partial charge < -0.3 is 0 Å². The average molecular weight is 308 g/mol. The molecule has 1 aliphatic heterocycles. The Morgan fingerprint density at radius 1 is 1.22 bits per heavy atom. The summed E-state index contributed by atoms with van der Waals surface area (Å²) < 4.78 is 0.680. The van der Waals surface area contributed by atoms with Gasteiger partial charge >= 0.3 is 0 Å². The second kappa shape index (κ2) is 4.02. The minimum absolute atomic E-state index is 0.146. The number of ketones is 1. The van der Waals surface area contributed by atoms with Crippen LogP contribution in [0, 0.1) is 11.8 Å². The van der Waals surface area contributed by atoms with Crippen molar-refractivity contribution < 1.29 is 14.4 Å². The molecule has 1 aromatic rings. The van der Waals surface area contributed by atoms with Crippen LogP contribution in [-0.4, -0.2) is 29.0 Å². The number of imide groups is 1. The molecule has 0 aromatic heterocycles. The summed E-state index contributed by atoms with van der Waals surface area (Å²) >= 11 is 3.29. The fourth-order valence-electron chi connectivity index (χ4n) is 2.32. The number of likely N-dealkylation sites (tertiary alicyclic amines) is 1. The number of rotatable bonds is 3. The Labute approximate surface area is 112 Å². The molecule has 0 spiro atoms. The molecule has 2 unspecified atom stereocenters. The van der Waals surface area contributed by atoms with Gasteiger partial charge in [0.25, 0.3) is 0 Å². The second-order valence-corrected chi connectivity index (χ2v) is 5.47. The Kier molecular flexibility index (Phi) is 2.59. The van der Waals surface area contributed by atoms with Crippen molar-refractivity contribution in [2.75, 3.05) is 6.54 Å². The van der Waals surface area contributed by atoms with Gasteiger partial charge in [-0.2, -0.15) is 0 Å². The molecule has 1 heterocycles. The van der Waals surface area contributed by atoms with Gasteiger partial charge in [-0.3, -0.25) is 19.3 Å². The summed E-state index contributed by atoms with van der Waals surface area (Å²) in [5.74, 6) is -0.893. The molecule has 1 saturated carbocycles. The third-order valence-electron chi connectivity index (χ3n) is 3.43. The molecule has 4 nitrogen and oxygen atoms in total. The SMILES string of the molecule is O=C(CN1C(=O)C2CC2C1=O)c1ccccc1Br. The van der Waals surface area contributed by atoms with Gasteiger partial charge in [0, 0.05) is 10.0 Å². The minimum Gasteiger partial charge on any atom is -0.292 e. The molecule has 2 atom stereocenters. The van der Waals surface area contributed by atoms with E-state index in [1.54, 1.807) is 18.2 Å². The zero-order chi connectivity index (χ0) is 12.9. The lowest BCUT2D eigenvalue weighted by molar-refractivity contribution is -0.140. The van der Waals surface area contributed by atoms with Crippen molar-refractivity contribution >= 4 is 33.5 Å². The summed E-state index contributed by atoms with van der Waals surface area (Å²) in [7, 11) is 0. The largest absolute Gasteiger partial charge is 0.292 e. The molecule has 18 heavy (non-hydrogen) atoms. The first-order valence-corrected chi connectivity index (χ1v) is 6.52. The van der Waals surface area contributed by atoms with Crippen LogP contribution in [0.3, 0.4) is 0 Å². The molecule has 1 saturated heterocycles. The first-order valence-electron chi connectivity index (χ1n) is 5.72. The second-order valence-electron chi connectivity index (χ2n) is 4.61. The Morgan fingerprint density at radius 3 is 2.44 bits per heavy atom. The Balaban J connectivity index is 1.78. The predicted octanol–water partition coefficient (Wildman–Crippen LogP) is 1.64. The fourth-order valence-corrected chi connectivity index (χ4v) is 2.83. The lowest BCUT2D eigenvalue weighted by atomic mass is 10.1. The molecule has 2 aliphatic rings. The standard InChI is InChI=1S/C13H10BrNO3/c14-10-4-2-1-3-7(10)11(16)6-15-12(17)8-5-9(8)13(15)18/h1-4,8-9H,5-6H2. The van der Waals surface area contributed by atoms with Crippen molar-refractivity contribution in [1.82, 2.24) is 4.90 Å². The van der Waals surface area contributed by atoms with Gasteiger partial charge in [-0.15, -0.1) is 0 Å². The fraction of sp³-hybridized carbons (Fsp3) is 0.308. The summed E-state index contributed by atoms with van der Waals surface area (Å²) in [6.45, 7) is -0.146. The van der Waals surface area contributed by atoms with Gasteiger partial charge in [0.05, 0.1) is 18.4 Å². The van der Waals surface area contributed by atoms with Crippen molar-refractivity contribution in [3.05, 3.63) is 34.3 Å². The lowest BCUT2D eigenvalue weighted by Crippen LogP contribution is -2.37. The van der Waals surface area contributed by atoms with E-state index < -0.39 is 0 Å². The number of halogens is 1. The zero-order valence-corrected chi connectivity index (χ0v) is 11.0. The molecule has 3 rings (SSSR count). The number of Topliss-reactive ketones (excluding diaryl/α,β-unsaturated/α-hetero) is 1. The van der Waals surface area contributed by atoms with E-state index in [9.17, 15) is 14.4 Å². The van der Waals surface area contributed by atoms with Gasteiger partial charge in [-0.1, -0.05) is 34.1 Å². The Morgan fingerprint density at radius 2 is 1.83 bits per heavy atom. The molecule has 2 fully saturated rings. The van der Waals surface area contributed by atoms with Gasteiger partial charge in [-0.05, 0) is 12.5 Å². The number of benzene rings is 1. The highest BCUT2D eigenvalue weighted by Gasteiger charge is 2.59. The van der Waals surface area contributed by atoms with Gasteiger partial charge in [0.1, 0.15) is 0 Å². The average Bonchev–Trinajstić information content (AvgIpc) is 3.10. The van der Waals surface area contributed by atoms with E-state index in [-0.39, 0.29) is 36.0 Å². The third-order valence-corrected chi connectivity index (χ3v) is 4.12. The summed E-state index contributed by atoms with van der Waals surface area (Å²) in [6, 6.07) is 7.00. The van der Waals surface area contributed by atoms with E-state index in [0.29, 0.717) is 16.5 Å². The summed E-state index contributed by atoms with van der Waals surface area (Å²) in [6.07, 6.45) is 0.664. The molecule has 1 aromatic carbocycles. The molecule has 0 N–H and O–H groups in total. The highest BCUT2D eigenvalue weighted by Crippen LogP contribution is 2.46. The monoisotopic (exact) mass is 307 g/mol. The molecule has 1 aliphatic carbocycles. The number of hydrogen-bond acceptors (Lipinski definition) is 3. The molecular formula is C13H10BrNO3. The molecular weight excluding hydrogens is 298 g/mol. The topological polar surface area (TPSA) is 54.5 Å². The van der Waals surface area contributed by atoms with Crippen LogP contribution >= 0.6 is 15.9 Å². The number of hydrogen-bond donors (Lipinski definition) is 0. The summed E-state index contributed by atoms with van der Waals surface area (Å²) in [4.78, 5) is 36.7. The number of nitrogens with zero attached hydrogens (tertiary/aromatic N) is 1. The maximum atomic E-state index is 12.1. The van der Waals surface area contributed by atoms with Crippen LogP contribution in [0.1, 0.15) is 16.8 Å². The van der Waals surface area contributed by atoms with Crippen molar-refractivity contribution in [2.45, 2.75) is 6.42 Å². The van der Waals surface area contributed by atoms with E-state index in [1.165, 1.54) is 0 Å². The van der Waals surface area contributed by atoms with Gasteiger partial charge in [-0.25, -0.2) is 0 Å². The van der Waals surface area contributed by atoms with Crippen LogP contribution in [0.25, 0.3) is 0 Å². The molecule has 5 heteroatoms. The molecule has 0 bridgehead atoms. The predicted molar refractivity (Wildman–Crippen MR) is 66.8 cm³/mol. The van der Waals surface area contributed by atoms with E-state index in [2.05, 4.69) is 15.9 Å². The molecule has 92 valence electrons. The van der Waals surface area contributed by atoms with E-state index >= 15 is 0 Å². The normalized spacial score (nSPS) is 25.3. The Bertz CT molecular complexity index is 549. The molecule has 0 radical (unpaired) electrons. The number of amides is 2. The van der Waals surface area contributed by atoms with Crippen LogP contribution in [0.15, 0.2) is 28.7 Å². The first-order chi connectivity index (χ1) is 8.59. The maximum Gasteiger partial charge on any atom is 0.233 e. The quantitative estimate of drug-likeness (QED) is 0.630. The van der Waals surface area contributed by atoms with Crippen LogP contribution < -0.4 is 0 Å². The van der Waals surface area contributed by atoms with Crippen LogP contribution in [0.2, 0.25) is 0 Å². The summed E-state index contributed by atoms with van der Waals surface area (Å²) in [5, 5.41) is 0. The van der Waals surface area contributed by atoms with E-state index in [0.717, 1.165) is 4.90 Å². The lowest BCUT2D eigenvalue weighted by Gasteiger charge is -2.15. The first kappa shape index (κ1) is 11.6. The van der Waals surface area contributed by atoms with Crippen LogP contribution in [-0.2, 0) is 9.59 Å². The smallest absolute Gasteiger partial charge is 0.233 e. The molecule has 2 amide bonds. The third kappa shape index (κ3) is 1.70. The van der Waals surface area contributed by atoms with Crippen molar-refractivity contribution in [2.24, 2.45) is 11.8 Å². The van der Waals surface area contributed by atoms with Crippen LogP contribution in [0.5, 0.6) is 0 Å². The highest BCUT2D eigenvalue weighted by molar-refractivity contribution is 9.10. The summed E-state index contributed by atoms with van der Waals surface area (Å²) in [5.41, 5.74) is 0.499. The van der Waals surface area contributed by atoms with Crippen molar-refractivity contribution in [1.29, 1.82) is 0 Å². The van der Waals surface area contributed by atoms with Crippen LogP contribution in [0.4, 0.5) is 0 Å². The van der Waals surface area contributed by atoms with E-state index in [4.69, 9.17) is 0 Å². The van der Waals surface area contributed by atoms with Crippen molar-refractivity contribution in [3.63, 3.8) is 0 Å². The number of carbonyl (C=O) groups is 3. The number of carbonyl (C=O) groups excluding carboxylic acids is 3. The minimum atomic E-state index is -0.217. The zero-order valence-electron chi connectivity index (χ0n) is 9.43.